The number of rotatable bonds is 22. The van der Waals surface area contributed by atoms with Crippen LogP contribution in [0.5, 0.6) is 0 Å². The Morgan fingerprint density at radius 1 is 0.619 bits per heavy atom. The lowest BCUT2D eigenvalue weighted by atomic mass is 9.83. The van der Waals surface area contributed by atoms with Gasteiger partial charge < -0.3 is 29.6 Å². The zero-order chi connectivity index (χ0) is 31.3. The molecule has 244 valence electrons. The summed E-state index contributed by atoms with van der Waals surface area (Å²) in [6, 6.07) is -1.42. The maximum Gasteiger partial charge on any atom is 0.323 e. The van der Waals surface area contributed by atoms with Crippen molar-refractivity contribution in [3.63, 3.8) is 0 Å². The normalized spacial score (nSPS) is 18.4. The second-order valence-electron chi connectivity index (χ2n) is 12.4. The summed E-state index contributed by atoms with van der Waals surface area (Å²) in [5.41, 5.74) is 0. The fourth-order valence-electron chi connectivity index (χ4n) is 4.51. The summed E-state index contributed by atoms with van der Waals surface area (Å²) in [6.07, 6.45) is 6.80. The highest BCUT2D eigenvalue weighted by molar-refractivity contribution is 5.83. The van der Waals surface area contributed by atoms with E-state index in [0.29, 0.717) is 51.4 Å². The molecule has 1 saturated carbocycles. The van der Waals surface area contributed by atoms with Crippen LogP contribution in [0.2, 0.25) is 0 Å². The largest absolute Gasteiger partial charge is 0.465 e. The first kappa shape index (κ1) is 37.8. The molecule has 1 rings (SSSR count). The van der Waals surface area contributed by atoms with Gasteiger partial charge in [-0.1, -0.05) is 54.4 Å². The van der Waals surface area contributed by atoms with E-state index < -0.39 is 36.0 Å². The third-order valence-electron chi connectivity index (χ3n) is 7.27. The van der Waals surface area contributed by atoms with Crippen LogP contribution in [0, 0.1) is 23.7 Å². The maximum atomic E-state index is 12.5. The molecule has 10 heteroatoms. The van der Waals surface area contributed by atoms with Gasteiger partial charge in [0.25, 0.3) is 0 Å². The van der Waals surface area contributed by atoms with E-state index in [0.717, 1.165) is 51.4 Å². The van der Waals surface area contributed by atoms with Crippen LogP contribution in [0.1, 0.15) is 106 Å². The van der Waals surface area contributed by atoms with Crippen molar-refractivity contribution in [2.24, 2.45) is 23.7 Å². The van der Waals surface area contributed by atoms with Crippen LogP contribution in [0.4, 0.5) is 0 Å². The molecule has 2 unspecified atom stereocenters. The Hall–Kier alpha value is -2.20. The van der Waals surface area contributed by atoms with Gasteiger partial charge in [0.2, 0.25) is 0 Å². The van der Waals surface area contributed by atoms with E-state index in [1.165, 1.54) is 0 Å². The summed E-state index contributed by atoms with van der Waals surface area (Å²) in [7, 11) is 0. The van der Waals surface area contributed by atoms with Gasteiger partial charge in [-0.2, -0.15) is 0 Å². The Labute approximate surface area is 253 Å². The predicted molar refractivity (Wildman–Crippen MR) is 162 cm³/mol. The van der Waals surface area contributed by atoms with E-state index in [2.05, 4.69) is 10.6 Å². The van der Waals surface area contributed by atoms with Crippen molar-refractivity contribution < 1.29 is 38.1 Å². The van der Waals surface area contributed by atoms with E-state index in [1.807, 2.05) is 41.5 Å². The standard InChI is InChI=1S/C32H58N2O8/c1-7-9-15-39-31(37)27(33-19-23(3)4)17-29(35)41-21-25-11-13-26(14-12-25)22-42-30(36)18-28(34-20-24(5)6)32(38)40-16-10-8-2/h23-28,33-34H,7-22H2,1-6H3. The van der Waals surface area contributed by atoms with Crippen LogP contribution < -0.4 is 10.6 Å². The van der Waals surface area contributed by atoms with Gasteiger partial charge in [0.15, 0.2) is 0 Å². The number of hydrogen-bond donors (Lipinski definition) is 2. The van der Waals surface area contributed by atoms with Crippen molar-refractivity contribution in [2.45, 2.75) is 118 Å². The first-order valence-corrected chi connectivity index (χ1v) is 16.2. The molecule has 0 heterocycles. The Balaban J connectivity index is 2.41. The molecule has 0 aromatic carbocycles. The lowest BCUT2D eigenvalue weighted by Crippen LogP contribution is -2.42. The average Bonchev–Trinajstić information content (AvgIpc) is 2.95. The summed E-state index contributed by atoms with van der Waals surface area (Å²) in [5, 5.41) is 6.28. The molecule has 0 aromatic heterocycles. The SMILES string of the molecule is CCCCOC(=O)C(CC(=O)OCC1CCC(COC(=O)CC(NCC(C)C)C(=O)OCCCC)CC1)NCC(C)C. The smallest absolute Gasteiger partial charge is 0.323 e. The van der Waals surface area contributed by atoms with Crippen LogP contribution in [0.3, 0.4) is 0 Å². The summed E-state index contributed by atoms with van der Waals surface area (Å²) < 4.78 is 21.7. The highest BCUT2D eigenvalue weighted by Gasteiger charge is 2.28. The first-order chi connectivity index (χ1) is 20.0. The quantitative estimate of drug-likeness (QED) is 0.104. The third-order valence-corrected chi connectivity index (χ3v) is 7.27. The fraction of sp³-hybridized carbons (Fsp3) is 0.875. The molecule has 0 aliphatic heterocycles. The molecule has 1 aliphatic rings. The number of carbonyl (C=O) groups is 4. The molecule has 1 fully saturated rings. The van der Waals surface area contributed by atoms with E-state index >= 15 is 0 Å². The van der Waals surface area contributed by atoms with Gasteiger partial charge in [0.05, 0.1) is 39.3 Å². The Morgan fingerprint density at radius 3 is 1.29 bits per heavy atom. The predicted octanol–water partition coefficient (Wildman–Crippen LogP) is 4.57. The Kier molecular flexibility index (Phi) is 20.1. The van der Waals surface area contributed by atoms with Gasteiger partial charge in [-0.05, 0) is 75.3 Å². The Bertz CT molecular complexity index is 716. The van der Waals surface area contributed by atoms with Crippen molar-refractivity contribution in [1.29, 1.82) is 0 Å². The van der Waals surface area contributed by atoms with E-state index in [9.17, 15) is 19.2 Å². The topological polar surface area (TPSA) is 129 Å². The first-order valence-electron chi connectivity index (χ1n) is 16.2. The number of esters is 4. The fourth-order valence-corrected chi connectivity index (χ4v) is 4.51. The number of carbonyl (C=O) groups excluding carboxylic acids is 4. The molecule has 0 aromatic rings. The van der Waals surface area contributed by atoms with Crippen molar-refractivity contribution in [2.75, 3.05) is 39.5 Å². The molecule has 10 nitrogen and oxygen atoms in total. The summed E-state index contributed by atoms with van der Waals surface area (Å²) >= 11 is 0. The van der Waals surface area contributed by atoms with Gasteiger partial charge in [-0.3, -0.25) is 19.2 Å². The third kappa shape index (κ3) is 17.7. The Morgan fingerprint density at radius 2 is 0.976 bits per heavy atom. The molecule has 0 spiro atoms. The van der Waals surface area contributed by atoms with Gasteiger partial charge >= 0.3 is 23.9 Å². The summed E-state index contributed by atoms with van der Waals surface area (Å²) in [4.78, 5) is 50.0. The number of ether oxygens (including phenoxy) is 4. The van der Waals surface area contributed by atoms with Crippen molar-refractivity contribution >= 4 is 23.9 Å². The minimum absolute atomic E-state index is 0.0534. The van der Waals surface area contributed by atoms with Crippen LogP contribution in [0.25, 0.3) is 0 Å². The maximum absolute atomic E-state index is 12.5. The lowest BCUT2D eigenvalue weighted by molar-refractivity contribution is -0.154. The molecular formula is C32H58N2O8. The molecule has 0 radical (unpaired) electrons. The highest BCUT2D eigenvalue weighted by Crippen LogP contribution is 2.29. The molecule has 0 saturated heterocycles. The number of hydrogen-bond acceptors (Lipinski definition) is 10. The van der Waals surface area contributed by atoms with E-state index in [4.69, 9.17) is 18.9 Å². The van der Waals surface area contributed by atoms with Gasteiger partial charge in [-0.15, -0.1) is 0 Å². The average molecular weight is 599 g/mol. The van der Waals surface area contributed by atoms with Crippen molar-refractivity contribution in [3.05, 3.63) is 0 Å². The molecule has 0 amide bonds. The van der Waals surface area contributed by atoms with Crippen LogP contribution in [-0.2, 0) is 38.1 Å². The summed E-state index contributed by atoms with van der Waals surface area (Å²) in [6.45, 7) is 14.7. The van der Waals surface area contributed by atoms with Gasteiger partial charge in [0, 0.05) is 0 Å². The van der Waals surface area contributed by atoms with Crippen LogP contribution >= 0.6 is 0 Å². The van der Waals surface area contributed by atoms with Crippen LogP contribution in [-0.4, -0.2) is 75.5 Å². The second kappa shape index (κ2) is 22.4. The van der Waals surface area contributed by atoms with Gasteiger partial charge in [-0.25, -0.2) is 0 Å². The molecule has 1 aliphatic carbocycles. The highest BCUT2D eigenvalue weighted by atomic mass is 16.5. The molecule has 42 heavy (non-hydrogen) atoms. The number of unbranched alkanes of at least 4 members (excludes halogenated alkanes) is 2. The molecule has 2 N–H and O–H groups in total. The molecule has 0 bridgehead atoms. The van der Waals surface area contributed by atoms with Crippen molar-refractivity contribution in [3.8, 4) is 0 Å². The summed E-state index contributed by atoms with van der Waals surface area (Å²) in [5.74, 6) is -0.503. The lowest BCUT2D eigenvalue weighted by Gasteiger charge is -2.28. The minimum Gasteiger partial charge on any atom is -0.465 e. The van der Waals surface area contributed by atoms with Crippen LogP contribution in [0.15, 0.2) is 0 Å². The van der Waals surface area contributed by atoms with Crippen molar-refractivity contribution in [1.82, 2.24) is 10.6 Å². The van der Waals surface area contributed by atoms with E-state index in [-0.39, 0.29) is 24.7 Å². The molecule has 2 atom stereocenters. The monoisotopic (exact) mass is 598 g/mol. The van der Waals surface area contributed by atoms with E-state index in [1.54, 1.807) is 0 Å². The zero-order valence-corrected chi connectivity index (χ0v) is 27.0. The zero-order valence-electron chi connectivity index (χ0n) is 27.0. The molecular weight excluding hydrogens is 540 g/mol. The second-order valence-corrected chi connectivity index (χ2v) is 12.4. The minimum atomic E-state index is -0.708. The number of nitrogens with one attached hydrogen (secondary N) is 2. The van der Waals surface area contributed by atoms with Gasteiger partial charge in [0.1, 0.15) is 12.1 Å².